The van der Waals surface area contributed by atoms with Crippen LogP contribution in [0.2, 0.25) is 0 Å². The van der Waals surface area contributed by atoms with E-state index in [0.717, 1.165) is 17.6 Å². The predicted octanol–water partition coefficient (Wildman–Crippen LogP) is 2.88. The van der Waals surface area contributed by atoms with Gasteiger partial charge in [-0.05, 0) is 36.6 Å². The summed E-state index contributed by atoms with van der Waals surface area (Å²) in [5.74, 6) is 0.251. The van der Waals surface area contributed by atoms with Gasteiger partial charge in [0.15, 0.2) is 0 Å². The molecule has 0 spiro atoms. The van der Waals surface area contributed by atoms with E-state index in [1.54, 1.807) is 24.0 Å². The highest BCUT2D eigenvalue weighted by Gasteiger charge is 2.29. The molecule has 0 bridgehead atoms. The van der Waals surface area contributed by atoms with Gasteiger partial charge in [0.2, 0.25) is 5.91 Å². The molecule has 0 N–H and O–H groups in total. The molecular weight excluding hydrogens is 273 g/mol. The van der Waals surface area contributed by atoms with E-state index >= 15 is 0 Å². The maximum absolute atomic E-state index is 13.1. The van der Waals surface area contributed by atoms with Crippen LogP contribution in [0.25, 0.3) is 0 Å². The summed E-state index contributed by atoms with van der Waals surface area (Å²) >= 11 is 3.39. The first-order chi connectivity index (χ1) is 7.61. The van der Waals surface area contributed by atoms with Crippen LogP contribution in [0.4, 0.5) is 10.1 Å². The lowest BCUT2D eigenvalue weighted by Crippen LogP contribution is -2.24. The Morgan fingerprint density at radius 1 is 1.56 bits per heavy atom. The average molecular weight is 286 g/mol. The molecule has 86 valence electrons. The first-order valence-electron chi connectivity index (χ1n) is 5.24. The molecule has 2 nitrogen and oxygen atoms in total. The van der Waals surface area contributed by atoms with Gasteiger partial charge in [-0.2, -0.15) is 0 Å². The molecule has 1 fully saturated rings. The molecule has 4 heteroatoms. The van der Waals surface area contributed by atoms with Gasteiger partial charge < -0.3 is 4.90 Å². The van der Waals surface area contributed by atoms with Crippen molar-refractivity contribution in [2.45, 2.75) is 13.3 Å². The first kappa shape index (κ1) is 11.6. The molecule has 1 atom stereocenters. The summed E-state index contributed by atoms with van der Waals surface area (Å²) in [7, 11) is 0. The van der Waals surface area contributed by atoms with Crippen LogP contribution in [-0.2, 0) is 4.79 Å². The van der Waals surface area contributed by atoms with E-state index in [0.29, 0.717) is 17.9 Å². The summed E-state index contributed by atoms with van der Waals surface area (Å²) < 4.78 is 13.1. The molecule has 1 heterocycles. The van der Waals surface area contributed by atoms with Crippen molar-refractivity contribution in [3.05, 3.63) is 29.6 Å². The number of carbonyl (C=O) groups is 1. The molecule has 0 radical (unpaired) electrons. The minimum Gasteiger partial charge on any atom is -0.312 e. The third-order valence-corrected chi connectivity index (χ3v) is 3.79. The Labute approximate surface area is 103 Å². The monoisotopic (exact) mass is 285 g/mol. The molecule has 1 aliphatic rings. The molecule has 0 aliphatic carbocycles. The van der Waals surface area contributed by atoms with Crippen LogP contribution in [0, 0.1) is 18.7 Å². The Hall–Kier alpha value is -0.900. The van der Waals surface area contributed by atoms with E-state index in [2.05, 4.69) is 15.9 Å². The first-order valence-corrected chi connectivity index (χ1v) is 6.36. The van der Waals surface area contributed by atoms with Gasteiger partial charge in [0.05, 0.1) is 0 Å². The van der Waals surface area contributed by atoms with Crippen molar-refractivity contribution in [2.24, 2.45) is 5.92 Å². The largest absolute Gasteiger partial charge is 0.312 e. The van der Waals surface area contributed by atoms with Crippen molar-refractivity contribution in [1.29, 1.82) is 0 Å². The van der Waals surface area contributed by atoms with Gasteiger partial charge in [-0.25, -0.2) is 4.39 Å². The lowest BCUT2D eigenvalue weighted by Gasteiger charge is -2.17. The van der Waals surface area contributed by atoms with Crippen molar-refractivity contribution < 1.29 is 9.18 Å². The molecule has 1 aliphatic heterocycles. The van der Waals surface area contributed by atoms with Crippen LogP contribution in [0.5, 0.6) is 0 Å². The number of alkyl halides is 1. The molecule has 1 saturated heterocycles. The summed E-state index contributed by atoms with van der Waals surface area (Å²) in [5.41, 5.74) is 1.37. The Balaban J connectivity index is 2.24. The van der Waals surface area contributed by atoms with E-state index in [1.165, 1.54) is 6.07 Å². The number of hydrogen-bond donors (Lipinski definition) is 0. The van der Waals surface area contributed by atoms with Crippen molar-refractivity contribution in [2.75, 3.05) is 16.8 Å². The zero-order valence-corrected chi connectivity index (χ0v) is 10.6. The van der Waals surface area contributed by atoms with Crippen LogP contribution >= 0.6 is 15.9 Å². The molecule has 16 heavy (non-hydrogen) atoms. The number of rotatable bonds is 2. The molecule has 1 amide bonds. The zero-order valence-electron chi connectivity index (χ0n) is 9.04. The Kier molecular flexibility index (Phi) is 3.28. The smallest absolute Gasteiger partial charge is 0.227 e. The average Bonchev–Trinajstić information content (AvgIpc) is 2.64. The fourth-order valence-corrected chi connectivity index (χ4v) is 2.36. The number of carbonyl (C=O) groups excluding carboxylic acids is 1. The Morgan fingerprint density at radius 2 is 2.31 bits per heavy atom. The van der Waals surface area contributed by atoms with Gasteiger partial charge in [0.1, 0.15) is 5.82 Å². The highest BCUT2D eigenvalue weighted by Crippen LogP contribution is 2.27. The van der Waals surface area contributed by atoms with Crippen molar-refractivity contribution in [3.8, 4) is 0 Å². The van der Waals surface area contributed by atoms with E-state index < -0.39 is 0 Å². The molecule has 2 rings (SSSR count). The standard InChI is InChI=1S/C12H13BrFNO/c1-8-4-10(2-3-11(8)14)15-7-9(6-13)5-12(15)16/h2-4,9H,5-7H2,1H3. The number of amides is 1. The minimum atomic E-state index is -0.229. The molecule has 1 aromatic rings. The SMILES string of the molecule is Cc1cc(N2CC(CBr)CC2=O)ccc1F. The quantitative estimate of drug-likeness (QED) is 0.765. The number of hydrogen-bond acceptors (Lipinski definition) is 1. The second kappa shape index (κ2) is 4.53. The summed E-state index contributed by atoms with van der Waals surface area (Å²) in [5, 5.41) is 0.829. The van der Waals surface area contributed by atoms with Crippen molar-refractivity contribution in [1.82, 2.24) is 0 Å². The minimum absolute atomic E-state index is 0.121. The fourth-order valence-electron chi connectivity index (χ4n) is 1.93. The van der Waals surface area contributed by atoms with Gasteiger partial charge in [0.25, 0.3) is 0 Å². The highest BCUT2D eigenvalue weighted by molar-refractivity contribution is 9.09. The Morgan fingerprint density at radius 3 is 2.88 bits per heavy atom. The van der Waals surface area contributed by atoms with Gasteiger partial charge in [-0.3, -0.25) is 4.79 Å². The van der Waals surface area contributed by atoms with E-state index in [4.69, 9.17) is 0 Å². The van der Waals surface area contributed by atoms with E-state index in [9.17, 15) is 9.18 Å². The second-order valence-corrected chi connectivity index (χ2v) is 4.81. The number of nitrogens with zero attached hydrogens (tertiary/aromatic N) is 1. The van der Waals surface area contributed by atoms with Gasteiger partial charge in [-0.1, -0.05) is 15.9 Å². The normalized spacial score (nSPS) is 20.6. The lowest BCUT2D eigenvalue weighted by atomic mass is 10.1. The van der Waals surface area contributed by atoms with Crippen molar-refractivity contribution in [3.63, 3.8) is 0 Å². The van der Waals surface area contributed by atoms with E-state index in [-0.39, 0.29) is 11.7 Å². The van der Waals surface area contributed by atoms with Gasteiger partial charge >= 0.3 is 0 Å². The maximum atomic E-state index is 13.1. The van der Waals surface area contributed by atoms with Crippen LogP contribution in [0.3, 0.4) is 0 Å². The third kappa shape index (κ3) is 2.12. The number of anilines is 1. The fraction of sp³-hybridized carbons (Fsp3) is 0.417. The number of halogens is 2. The van der Waals surface area contributed by atoms with Crippen LogP contribution < -0.4 is 4.90 Å². The van der Waals surface area contributed by atoms with E-state index in [1.807, 2.05) is 0 Å². The molecule has 1 unspecified atom stereocenters. The third-order valence-electron chi connectivity index (χ3n) is 2.88. The summed E-state index contributed by atoms with van der Waals surface area (Å²) in [6.07, 6.45) is 0.571. The lowest BCUT2D eigenvalue weighted by molar-refractivity contribution is -0.117. The van der Waals surface area contributed by atoms with Crippen LogP contribution in [0.1, 0.15) is 12.0 Å². The summed E-state index contributed by atoms with van der Waals surface area (Å²) in [6, 6.07) is 4.81. The van der Waals surface area contributed by atoms with Crippen LogP contribution in [-0.4, -0.2) is 17.8 Å². The summed E-state index contributed by atoms with van der Waals surface area (Å²) in [4.78, 5) is 13.5. The topological polar surface area (TPSA) is 20.3 Å². The van der Waals surface area contributed by atoms with Crippen molar-refractivity contribution >= 4 is 27.5 Å². The van der Waals surface area contributed by atoms with Gasteiger partial charge in [-0.15, -0.1) is 0 Å². The molecule has 0 saturated carbocycles. The summed E-state index contributed by atoms with van der Waals surface area (Å²) in [6.45, 7) is 2.43. The van der Waals surface area contributed by atoms with Gasteiger partial charge in [0, 0.05) is 24.0 Å². The molecule has 1 aromatic carbocycles. The molecular formula is C12H13BrFNO. The number of aryl methyl sites for hydroxylation is 1. The highest BCUT2D eigenvalue weighted by atomic mass is 79.9. The maximum Gasteiger partial charge on any atom is 0.227 e. The Bertz CT molecular complexity index is 421. The zero-order chi connectivity index (χ0) is 11.7. The predicted molar refractivity (Wildman–Crippen MR) is 65.4 cm³/mol. The second-order valence-electron chi connectivity index (χ2n) is 4.16. The number of benzene rings is 1. The molecule has 0 aromatic heterocycles. The van der Waals surface area contributed by atoms with Crippen LogP contribution in [0.15, 0.2) is 18.2 Å².